The standard InChI is InChI=1S/C9H11BrO/c1-3-7-5-8(10)6(2)4-9(7)11/h4-5,11H,3H2,1-2H3. The van der Waals surface area contributed by atoms with Crippen LogP contribution in [0.5, 0.6) is 5.75 Å². The monoisotopic (exact) mass is 214 g/mol. The van der Waals surface area contributed by atoms with E-state index in [0.717, 1.165) is 22.0 Å². The summed E-state index contributed by atoms with van der Waals surface area (Å²) in [5.41, 5.74) is 2.06. The van der Waals surface area contributed by atoms with Gasteiger partial charge in [-0.05, 0) is 36.6 Å². The van der Waals surface area contributed by atoms with E-state index in [9.17, 15) is 5.11 Å². The van der Waals surface area contributed by atoms with Crippen LogP contribution < -0.4 is 0 Å². The lowest BCUT2D eigenvalue weighted by Gasteiger charge is -2.04. The number of rotatable bonds is 1. The molecule has 0 atom stereocenters. The molecule has 1 aromatic rings. The molecule has 1 aromatic carbocycles. The molecular formula is C9H11BrO. The zero-order valence-electron chi connectivity index (χ0n) is 6.69. The van der Waals surface area contributed by atoms with Crippen molar-refractivity contribution in [3.8, 4) is 5.75 Å². The molecule has 0 aliphatic heterocycles. The van der Waals surface area contributed by atoms with Crippen molar-refractivity contribution in [2.24, 2.45) is 0 Å². The molecular weight excluding hydrogens is 204 g/mol. The van der Waals surface area contributed by atoms with E-state index in [4.69, 9.17) is 0 Å². The van der Waals surface area contributed by atoms with Crippen molar-refractivity contribution in [3.05, 3.63) is 27.7 Å². The molecule has 0 fully saturated rings. The third-order valence-corrected chi connectivity index (χ3v) is 2.60. The lowest BCUT2D eigenvalue weighted by Crippen LogP contribution is -1.84. The Morgan fingerprint density at radius 1 is 1.45 bits per heavy atom. The molecule has 0 heterocycles. The Labute approximate surface area is 75.2 Å². The molecule has 0 saturated carbocycles. The minimum Gasteiger partial charge on any atom is -0.508 e. The van der Waals surface area contributed by atoms with Crippen LogP contribution in [0.3, 0.4) is 0 Å². The first-order chi connectivity index (χ1) is 5.15. The zero-order valence-corrected chi connectivity index (χ0v) is 8.27. The predicted octanol–water partition coefficient (Wildman–Crippen LogP) is 3.03. The second-order valence-corrected chi connectivity index (χ2v) is 3.44. The highest BCUT2D eigenvalue weighted by molar-refractivity contribution is 9.10. The molecule has 60 valence electrons. The summed E-state index contributed by atoms with van der Waals surface area (Å²) in [6.07, 6.45) is 0.866. The van der Waals surface area contributed by atoms with Crippen molar-refractivity contribution in [3.63, 3.8) is 0 Å². The van der Waals surface area contributed by atoms with Gasteiger partial charge in [0.2, 0.25) is 0 Å². The second-order valence-electron chi connectivity index (χ2n) is 2.58. The van der Waals surface area contributed by atoms with Crippen molar-refractivity contribution in [1.82, 2.24) is 0 Å². The van der Waals surface area contributed by atoms with E-state index in [0.29, 0.717) is 5.75 Å². The van der Waals surface area contributed by atoms with Gasteiger partial charge in [0.05, 0.1) is 0 Å². The molecule has 0 aromatic heterocycles. The molecule has 0 bridgehead atoms. The van der Waals surface area contributed by atoms with Gasteiger partial charge in [-0.1, -0.05) is 22.9 Å². The molecule has 1 rings (SSSR count). The number of phenols is 1. The summed E-state index contributed by atoms with van der Waals surface area (Å²) in [7, 11) is 0. The minimum atomic E-state index is 0.396. The Hall–Kier alpha value is -0.500. The molecule has 0 saturated heterocycles. The topological polar surface area (TPSA) is 20.2 Å². The van der Waals surface area contributed by atoms with E-state index >= 15 is 0 Å². The number of benzene rings is 1. The van der Waals surface area contributed by atoms with Crippen LogP contribution in [0.4, 0.5) is 0 Å². The van der Waals surface area contributed by atoms with E-state index in [2.05, 4.69) is 15.9 Å². The summed E-state index contributed by atoms with van der Waals surface area (Å²) in [5.74, 6) is 0.396. The fourth-order valence-electron chi connectivity index (χ4n) is 0.991. The summed E-state index contributed by atoms with van der Waals surface area (Å²) in [6.45, 7) is 3.99. The van der Waals surface area contributed by atoms with E-state index < -0.39 is 0 Å². The smallest absolute Gasteiger partial charge is 0.119 e. The van der Waals surface area contributed by atoms with Crippen LogP contribution in [0.1, 0.15) is 18.1 Å². The average molecular weight is 215 g/mol. The molecule has 11 heavy (non-hydrogen) atoms. The zero-order chi connectivity index (χ0) is 8.43. The van der Waals surface area contributed by atoms with Crippen molar-refractivity contribution < 1.29 is 5.11 Å². The van der Waals surface area contributed by atoms with Crippen LogP contribution in [-0.2, 0) is 6.42 Å². The summed E-state index contributed by atoms with van der Waals surface area (Å²) >= 11 is 3.41. The Balaban J connectivity index is 3.21. The first-order valence-electron chi connectivity index (χ1n) is 3.63. The molecule has 1 nitrogen and oxygen atoms in total. The highest BCUT2D eigenvalue weighted by Gasteiger charge is 2.01. The number of hydrogen-bond donors (Lipinski definition) is 1. The van der Waals surface area contributed by atoms with Crippen molar-refractivity contribution in [1.29, 1.82) is 0 Å². The van der Waals surface area contributed by atoms with Gasteiger partial charge in [-0.25, -0.2) is 0 Å². The maximum absolute atomic E-state index is 9.39. The highest BCUT2D eigenvalue weighted by Crippen LogP contribution is 2.25. The highest BCUT2D eigenvalue weighted by atomic mass is 79.9. The Kier molecular flexibility index (Phi) is 2.55. The SMILES string of the molecule is CCc1cc(Br)c(C)cc1O. The third-order valence-electron chi connectivity index (χ3n) is 1.74. The number of phenolic OH excluding ortho intramolecular Hbond substituents is 1. The maximum atomic E-state index is 9.39. The van der Waals surface area contributed by atoms with E-state index in [1.54, 1.807) is 6.07 Å². The van der Waals surface area contributed by atoms with Crippen LogP contribution in [-0.4, -0.2) is 5.11 Å². The molecule has 2 heteroatoms. The first kappa shape index (κ1) is 8.60. The molecule has 0 radical (unpaired) electrons. The number of halogens is 1. The fraction of sp³-hybridized carbons (Fsp3) is 0.333. The molecule has 0 aliphatic carbocycles. The van der Waals surface area contributed by atoms with Crippen molar-refractivity contribution in [2.45, 2.75) is 20.3 Å². The largest absolute Gasteiger partial charge is 0.508 e. The maximum Gasteiger partial charge on any atom is 0.119 e. The van der Waals surface area contributed by atoms with Gasteiger partial charge in [0.25, 0.3) is 0 Å². The van der Waals surface area contributed by atoms with E-state index in [1.807, 2.05) is 19.9 Å². The normalized spacial score (nSPS) is 10.1. The number of hydrogen-bond acceptors (Lipinski definition) is 1. The Morgan fingerprint density at radius 2 is 2.09 bits per heavy atom. The molecule has 1 N–H and O–H groups in total. The summed E-state index contributed by atoms with van der Waals surface area (Å²) in [5, 5.41) is 9.39. The van der Waals surface area contributed by atoms with E-state index in [1.165, 1.54) is 0 Å². The van der Waals surface area contributed by atoms with Gasteiger partial charge in [-0.3, -0.25) is 0 Å². The van der Waals surface area contributed by atoms with Gasteiger partial charge in [0, 0.05) is 4.47 Å². The predicted molar refractivity (Wildman–Crippen MR) is 49.9 cm³/mol. The van der Waals surface area contributed by atoms with Gasteiger partial charge < -0.3 is 5.11 Å². The molecule has 0 amide bonds. The first-order valence-corrected chi connectivity index (χ1v) is 4.42. The Bertz CT molecular complexity index is 269. The van der Waals surface area contributed by atoms with Crippen LogP contribution in [0, 0.1) is 6.92 Å². The summed E-state index contributed by atoms with van der Waals surface area (Å²) in [4.78, 5) is 0. The van der Waals surface area contributed by atoms with E-state index in [-0.39, 0.29) is 0 Å². The van der Waals surface area contributed by atoms with Gasteiger partial charge in [-0.2, -0.15) is 0 Å². The molecule has 0 aliphatic rings. The second kappa shape index (κ2) is 3.26. The fourth-order valence-corrected chi connectivity index (χ4v) is 1.38. The number of aromatic hydroxyl groups is 1. The van der Waals surface area contributed by atoms with Crippen LogP contribution >= 0.6 is 15.9 Å². The Morgan fingerprint density at radius 3 is 2.64 bits per heavy atom. The molecule has 0 spiro atoms. The lowest BCUT2D eigenvalue weighted by atomic mass is 10.1. The van der Waals surface area contributed by atoms with Gasteiger partial charge in [0.1, 0.15) is 5.75 Å². The molecule has 0 unspecified atom stereocenters. The summed E-state index contributed by atoms with van der Waals surface area (Å²) < 4.78 is 1.06. The van der Waals surface area contributed by atoms with Crippen LogP contribution in [0.2, 0.25) is 0 Å². The lowest BCUT2D eigenvalue weighted by molar-refractivity contribution is 0.468. The summed E-state index contributed by atoms with van der Waals surface area (Å²) in [6, 6.07) is 3.74. The third kappa shape index (κ3) is 1.74. The van der Waals surface area contributed by atoms with Gasteiger partial charge in [0.15, 0.2) is 0 Å². The number of aryl methyl sites for hydroxylation is 2. The quantitative estimate of drug-likeness (QED) is 0.763. The van der Waals surface area contributed by atoms with Gasteiger partial charge >= 0.3 is 0 Å². The minimum absolute atomic E-state index is 0.396. The van der Waals surface area contributed by atoms with Crippen LogP contribution in [0.15, 0.2) is 16.6 Å². The van der Waals surface area contributed by atoms with Gasteiger partial charge in [-0.15, -0.1) is 0 Å². The average Bonchev–Trinajstić information content (AvgIpc) is 1.97. The van der Waals surface area contributed by atoms with Crippen molar-refractivity contribution >= 4 is 15.9 Å². The van der Waals surface area contributed by atoms with Crippen LogP contribution in [0.25, 0.3) is 0 Å². The van der Waals surface area contributed by atoms with Crippen molar-refractivity contribution in [2.75, 3.05) is 0 Å².